The number of hydrogen-bond donors (Lipinski definition) is 1. The summed E-state index contributed by atoms with van der Waals surface area (Å²) in [7, 11) is 0. The van der Waals surface area contributed by atoms with E-state index in [0.717, 1.165) is 18.5 Å². The third-order valence-corrected chi connectivity index (χ3v) is 6.00. The Morgan fingerprint density at radius 1 is 0.900 bits per heavy atom. The van der Waals surface area contributed by atoms with Gasteiger partial charge in [-0.1, -0.05) is 39.0 Å². The third-order valence-electron chi connectivity index (χ3n) is 6.00. The van der Waals surface area contributed by atoms with Gasteiger partial charge < -0.3 is 10.1 Å². The largest absolute Gasteiger partial charge is 0.370 e. The van der Waals surface area contributed by atoms with Gasteiger partial charge in [0.15, 0.2) is 0 Å². The van der Waals surface area contributed by atoms with Crippen molar-refractivity contribution >= 4 is 0 Å². The normalized spacial score (nSPS) is 38.0. The molecule has 2 nitrogen and oxygen atoms in total. The van der Waals surface area contributed by atoms with E-state index in [9.17, 15) is 0 Å². The number of nitrogens with one attached hydrogen (secondary N) is 1. The lowest BCUT2D eigenvalue weighted by Crippen LogP contribution is -2.38. The van der Waals surface area contributed by atoms with Crippen LogP contribution in [0.2, 0.25) is 0 Å². The lowest BCUT2D eigenvalue weighted by Gasteiger charge is -2.33. The highest BCUT2D eigenvalue weighted by Crippen LogP contribution is 2.41. The van der Waals surface area contributed by atoms with Gasteiger partial charge in [0, 0.05) is 12.6 Å². The SMILES string of the molecule is CC1CCCC(NCC2CCC3(CCCCC3)O2)CC1. The van der Waals surface area contributed by atoms with E-state index < -0.39 is 0 Å². The van der Waals surface area contributed by atoms with Crippen molar-refractivity contribution in [3.05, 3.63) is 0 Å². The first-order chi connectivity index (χ1) is 9.76. The monoisotopic (exact) mass is 279 g/mol. The molecular formula is C18H33NO. The van der Waals surface area contributed by atoms with Gasteiger partial charge in [0.05, 0.1) is 11.7 Å². The van der Waals surface area contributed by atoms with Crippen molar-refractivity contribution in [3.63, 3.8) is 0 Å². The zero-order chi connectivity index (χ0) is 13.8. The van der Waals surface area contributed by atoms with Gasteiger partial charge in [0.1, 0.15) is 0 Å². The smallest absolute Gasteiger partial charge is 0.0708 e. The highest BCUT2D eigenvalue weighted by molar-refractivity contribution is 4.92. The summed E-state index contributed by atoms with van der Waals surface area (Å²) >= 11 is 0. The average molecular weight is 279 g/mol. The summed E-state index contributed by atoms with van der Waals surface area (Å²) in [5, 5.41) is 3.82. The Hall–Kier alpha value is -0.0800. The van der Waals surface area contributed by atoms with Gasteiger partial charge in [0.25, 0.3) is 0 Å². The maximum absolute atomic E-state index is 6.47. The van der Waals surface area contributed by atoms with E-state index >= 15 is 0 Å². The molecule has 1 saturated heterocycles. The van der Waals surface area contributed by atoms with Gasteiger partial charge in [-0.25, -0.2) is 0 Å². The van der Waals surface area contributed by atoms with E-state index in [0.29, 0.717) is 11.7 Å². The molecule has 2 heteroatoms. The summed E-state index contributed by atoms with van der Waals surface area (Å²) in [5.74, 6) is 0.940. The van der Waals surface area contributed by atoms with E-state index in [1.54, 1.807) is 0 Å². The van der Waals surface area contributed by atoms with Gasteiger partial charge in [-0.15, -0.1) is 0 Å². The summed E-state index contributed by atoms with van der Waals surface area (Å²) in [6.45, 7) is 3.51. The van der Waals surface area contributed by atoms with Crippen molar-refractivity contribution in [2.75, 3.05) is 6.54 Å². The van der Waals surface area contributed by atoms with Crippen molar-refractivity contribution in [2.24, 2.45) is 5.92 Å². The Morgan fingerprint density at radius 3 is 2.60 bits per heavy atom. The second-order valence-electron chi connectivity index (χ2n) is 7.74. The molecule has 0 amide bonds. The molecule has 0 aromatic carbocycles. The molecule has 3 atom stereocenters. The van der Waals surface area contributed by atoms with Crippen LogP contribution in [-0.4, -0.2) is 24.3 Å². The van der Waals surface area contributed by atoms with E-state index in [4.69, 9.17) is 4.74 Å². The van der Waals surface area contributed by atoms with Crippen molar-refractivity contribution in [1.82, 2.24) is 5.32 Å². The Balaban J connectivity index is 1.41. The lowest BCUT2D eigenvalue weighted by atomic mass is 9.83. The minimum Gasteiger partial charge on any atom is -0.370 e. The highest BCUT2D eigenvalue weighted by atomic mass is 16.5. The fourth-order valence-electron chi connectivity index (χ4n) is 4.59. The van der Waals surface area contributed by atoms with Crippen molar-refractivity contribution in [1.29, 1.82) is 0 Å². The predicted molar refractivity (Wildman–Crippen MR) is 84.0 cm³/mol. The molecule has 116 valence electrons. The predicted octanol–water partition coefficient (Wildman–Crippen LogP) is 4.43. The van der Waals surface area contributed by atoms with Gasteiger partial charge in [-0.05, 0) is 50.9 Å². The number of rotatable bonds is 3. The van der Waals surface area contributed by atoms with Crippen molar-refractivity contribution in [3.8, 4) is 0 Å². The Morgan fingerprint density at radius 2 is 1.75 bits per heavy atom. The zero-order valence-corrected chi connectivity index (χ0v) is 13.3. The summed E-state index contributed by atoms with van der Waals surface area (Å²) in [5.41, 5.74) is 0.294. The first kappa shape index (κ1) is 14.8. The minimum atomic E-state index is 0.294. The minimum absolute atomic E-state index is 0.294. The maximum Gasteiger partial charge on any atom is 0.0708 e. The summed E-state index contributed by atoms with van der Waals surface area (Å²) < 4.78 is 6.47. The van der Waals surface area contributed by atoms with Gasteiger partial charge >= 0.3 is 0 Å². The Bertz CT molecular complexity index is 298. The van der Waals surface area contributed by atoms with E-state index in [-0.39, 0.29) is 0 Å². The van der Waals surface area contributed by atoms with Crippen LogP contribution in [0.4, 0.5) is 0 Å². The number of hydrogen-bond acceptors (Lipinski definition) is 2. The molecule has 2 saturated carbocycles. The molecule has 0 aromatic rings. The number of ether oxygens (including phenoxy) is 1. The molecule has 0 bridgehead atoms. The molecule has 0 radical (unpaired) electrons. The topological polar surface area (TPSA) is 21.3 Å². The van der Waals surface area contributed by atoms with Crippen LogP contribution in [0.5, 0.6) is 0 Å². The molecule has 1 heterocycles. The standard InChI is InChI=1S/C18H33NO/c1-15-6-5-7-16(9-8-15)19-14-17-10-13-18(20-17)11-3-2-4-12-18/h15-17,19H,2-14H2,1H3. The molecule has 20 heavy (non-hydrogen) atoms. The maximum atomic E-state index is 6.47. The molecule has 0 aromatic heterocycles. The molecule has 1 aliphatic heterocycles. The Labute approximate surface area is 125 Å². The summed E-state index contributed by atoms with van der Waals surface area (Å²) in [4.78, 5) is 0. The van der Waals surface area contributed by atoms with Crippen LogP contribution in [0.1, 0.15) is 84.0 Å². The first-order valence-corrected chi connectivity index (χ1v) is 9.17. The fourth-order valence-corrected chi connectivity index (χ4v) is 4.59. The third kappa shape index (κ3) is 3.76. The molecule has 3 rings (SSSR count). The summed E-state index contributed by atoms with van der Waals surface area (Å²) in [6, 6.07) is 0.756. The molecule has 3 unspecified atom stereocenters. The molecule has 2 aliphatic carbocycles. The van der Waals surface area contributed by atoms with E-state index in [1.807, 2.05) is 0 Å². The Kier molecular flexibility index (Phi) is 5.04. The molecular weight excluding hydrogens is 246 g/mol. The van der Waals surface area contributed by atoms with Crippen LogP contribution in [0.25, 0.3) is 0 Å². The molecule has 3 aliphatic rings. The van der Waals surface area contributed by atoms with Crippen molar-refractivity contribution < 1.29 is 4.74 Å². The van der Waals surface area contributed by atoms with Gasteiger partial charge in [-0.2, -0.15) is 0 Å². The second-order valence-corrected chi connectivity index (χ2v) is 7.74. The molecule has 1 spiro atoms. The fraction of sp³-hybridized carbons (Fsp3) is 1.00. The van der Waals surface area contributed by atoms with Crippen molar-refractivity contribution in [2.45, 2.75) is 102 Å². The van der Waals surface area contributed by atoms with E-state index in [1.165, 1.54) is 77.0 Å². The zero-order valence-electron chi connectivity index (χ0n) is 13.3. The van der Waals surface area contributed by atoms with Crippen LogP contribution < -0.4 is 5.32 Å². The van der Waals surface area contributed by atoms with Gasteiger partial charge in [-0.3, -0.25) is 0 Å². The van der Waals surface area contributed by atoms with Gasteiger partial charge in [0.2, 0.25) is 0 Å². The molecule has 1 N–H and O–H groups in total. The second kappa shape index (κ2) is 6.79. The quantitative estimate of drug-likeness (QED) is 0.772. The van der Waals surface area contributed by atoms with E-state index in [2.05, 4.69) is 12.2 Å². The van der Waals surface area contributed by atoms with Crippen LogP contribution in [0, 0.1) is 5.92 Å². The summed E-state index contributed by atoms with van der Waals surface area (Å²) in [6.07, 6.45) is 17.0. The van der Waals surface area contributed by atoms with Crippen LogP contribution >= 0.6 is 0 Å². The average Bonchev–Trinajstić information content (AvgIpc) is 2.72. The first-order valence-electron chi connectivity index (χ1n) is 9.17. The van der Waals surface area contributed by atoms with Crippen LogP contribution in [-0.2, 0) is 4.74 Å². The lowest BCUT2D eigenvalue weighted by molar-refractivity contribution is -0.0630. The highest BCUT2D eigenvalue weighted by Gasteiger charge is 2.40. The van der Waals surface area contributed by atoms with Crippen LogP contribution in [0.3, 0.4) is 0 Å². The molecule has 3 fully saturated rings. The van der Waals surface area contributed by atoms with Crippen LogP contribution in [0.15, 0.2) is 0 Å².